The van der Waals surface area contributed by atoms with E-state index in [0.717, 1.165) is 24.7 Å². The molecule has 7 nitrogen and oxygen atoms in total. The topological polar surface area (TPSA) is 74.2 Å². The van der Waals surface area contributed by atoms with E-state index in [1.165, 1.54) is 0 Å². The van der Waals surface area contributed by atoms with Crippen LogP contribution in [0.3, 0.4) is 0 Å². The Morgan fingerprint density at radius 1 is 1.04 bits per heavy atom. The first-order valence-electron chi connectivity index (χ1n) is 7.72. The Kier molecular flexibility index (Phi) is 4.65. The lowest BCUT2D eigenvalue weighted by molar-refractivity contribution is 0.190. The third kappa shape index (κ3) is 3.74. The number of urea groups is 1. The third-order valence-corrected chi connectivity index (χ3v) is 3.87. The number of nitrogens with one attached hydrogen (secondary N) is 1. The zero-order valence-electron chi connectivity index (χ0n) is 13.1. The number of amides is 2. The number of piperazine rings is 1. The first kappa shape index (κ1) is 15.2. The first-order valence-corrected chi connectivity index (χ1v) is 7.72. The molecule has 0 aliphatic carbocycles. The largest absolute Gasteiger partial charge is 0.337 e. The molecule has 2 aromatic heterocycles. The molecular weight excluding hydrogens is 292 g/mol. The van der Waals surface area contributed by atoms with Gasteiger partial charge in [0.25, 0.3) is 0 Å². The first-order chi connectivity index (χ1) is 11.2. The minimum absolute atomic E-state index is 0.0585. The monoisotopic (exact) mass is 312 g/mol. The molecule has 1 saturated heterocycles. The molecule has 0 aromatic carbocycles. The van der Waals surface area contributed by atoms with E-state index < -0.39 is 0 Å². The van der Waals surface area contributed by atoms with Gasteiger partial charge in [-0.1, -0.05) is 6.07 Å². The summed E-state index contributed by atoms with van der Waals surface area (Å²) < 4.78 is 0. The van der Waals surface area contributed by atoms with Crippen molar-refractivity contribution in [1.29, 1.82) is 0 Å². The van der Waals surface area contributed by atoms with Crippen LogP contribution in [0.25, 0.3) is 0 Å². The van der Waals surface area contributed by atoms with Crippen molar-refractivity contribution in [2.45, 2.75) is 13.0 Å². The summed E-state index contributed by atoms with van der Waals surface area (Å²) in [6, 6.07) is 7.32. The van der Waals surface area contributed by atoms with E-state index in [2.05, 4.69) is 25.2 Å². The summed E-state index contributed by atoms with van der Waals surface area (Å²) in [7, 11) is 0. The van der Waals surface area contributed by atoms with Gasteiger partial charge in [0, 0.05) is 44.8 Å². The van der Waals surface area contributed by atoms with Crippen LogP contribution in [-0.2, 0) is 0 Å². The number of pyridine rings is 1. The molecule has 1 fully saturated rings. The average molecular weight is 312 g/mol. The third-order valence-electron chi connectivity index (χ3n) is 3.87. The molecule has 0 unspecified atom stereocenters. The molecule has 3 rings (SSSR count). The van der Waals surface area contributed by atoms with Crippen LogP contribution in [0, 0.1) is 0 Å². The minimum atomic E-state index is -0.112. The number of aromatic nitrogens is 3. The Morgan fingerprint density at radius 3 is 2.39 bits per heavy atom. The highest BCUT2D eigenvalue weighted by atomic mass is 16.2. The van der Waals surface area contributed by atoms with E-state index >= 15 is 0 Å². The van der Waals surface area contributed by atoms with Gasteiger partial charge in [-0.3, -0.25) is 4.98 Å². The van der Waals surface area contributed by atoms with Gasteiger partial charge < -0.3 is 15.1 Å². The average Bonchev–Trinajstić information content (AvgIpc) is 2.63. The summed E-state index contributed by atoms with van der Waals surface area (Å²) in [5.74, 6) is 0.717. The standard InChI is InChI=1S/C16H20N6O/c1-13(14-5-2-3-6-17-14)20-16(23)22-11-9-21(10-12-22)15-18-7-4-8-19-15/h2-8,13H,9-12H2,1H3,(H,20,23)/t13-/m1/s1. The van der Waals surface area contributed by atoms with Gasteiger partial charge >= 0.3 is 6.03 Å². The van der Waals surface area contributed by atoms with Crippen molar-refractivity contribution in [3.8, 4) is 0 Å². The van der Waals surface area contributed by atoms with E-state index in [4.69, 9.17) is 0 Å². The molecule has 7 heteroatoms. The van der Waals surface area contributed by atoms with E-state index in [0.29, 0.717) is 13.1 Å². The highest BCUT2D eigenvalue weighted by Crippen LogP contribution is 2.12. The number of rotatable bonds is 3. The Labute approximate surface area is 135 Å². The second-order valence-electron chi connectivity index (χ2n) is 5.45. The molecule has 120 valence electrons. The summed E-state index contributed by atoms with van der Waals surface area (Å²) in [6.45, 7) is 4.71. The summed E-state index contributed by atoms with van der Waals surface area (Å²) >= 11 is 0. The normalized spacial score (nSPS) is 16.0. The maximum Gasteiger partial charge on any atom is 0.318 e. The minimum Gasteiger partial charge on any atom is -0.337 e. The highest BCUT2D eigenvalue weighted by molar-refractivity contribution is 5.75. The van der Waals surface area contributed by atoms with Gasteiger partial charge in [0.15, 0.2) is 0 Å². The number of hydrogen-bond donors (Lipinski definition) is 1. The van der Waals surface area contributed by atoms with Crippen molar-refractivity contribution < 1.29 is 4.79 Å². The fourth-order valence-electron chi connectivity index (χ4n) is 2.55. The van der Waals surface area contributed by atoms with Gasteiger partial charge in [0.2, 0.25) is 5.95 Å². The van der Waals surface area contributed by atoms with Crippen molar-refractivity contribution in [3.63, 3.8) is 0 Å². The Balaban J connectivity index is 1.52. The van der Waals surface area contributed by atoms with Crippen LogP contribution < -0.4 is 10.2 Å². The van der Waals surface area contributed by atoms with Gasteiger partial charge in [-0.05, 0) is 25.1 Å². The SMILES string of the molecule is C[C@@H](NC(=O)N1CCN(c2ncccn2)CC1)c1ccccn1. The van der Waals surface area contributed by atoms with Gasteiger partial charge in [0.05, 0.1) is 11.7 Å². The predicted molar refractivity (Wildman–Crippen MR) is 87.0 cm³/mol. The molecular formula is C16H20N6O. The summed E-state index contributed by atoms with van der Waals surface area (Å²) in [5, 5.41) is 3.00. The van der Waals surface area contributed by atoms with Crippen molar-refractivity contribution >= 4 is 12.0 Å². The second kappa shape index (κ2) is 7.04. The molecule has 1 N–H and O–H groups in total. The molecule has 1 aliphatic heterocycles. The lowest BCUT2D eigenvalue weighted by atomic mass is 10.2. The molecule has 1 aliphatic rings. The summed E-state index contributed by atoms with van der Waals surface area (Å²) in [4.78, 5) is 29.0. The van der Waals surface area contributed by atoms with Crippen LogP contribution in [0.5, 0.6) is 0 Å². The van der Waals surface area contributed by atoms with Crippen LogP contribution in [0.15, 0.2) is 42.9 Å². The number of nitrogens with zero attached hydrogens (tertiary/aromatic N) is 5. The van der Waals surface area contributed by atoms with Gasteiger partial charge in [-0.15, -0.1) is 0 Å². The van der Waals surface area contributed by atoms with Crippen LogP contribution in [0.2, 0.25) is 0 Å². The van der Waals surface area contributed by atoms with E-state index in [-0.39, 0.29) is 12.1 Å². The van der Waals surface area contributed by atoms with E-state index in [1.54, 1.807) is 24.7 Å². The Hall–Kier alpha value is -2.70. The second-order valence-corrected chi connectivity index (χ2v) is 5.45. The maximum absolute atomic E-state index is 12.4. The van der Waals surface area contributed by atoms with Crippen molar-refractivity contribution in [3.05, 3.63) is 48.5 Å². The zero-order valence-corrected chi connectivity index (χ0v) is 13.1. The smallest absolute Gasteiger partial charge is 0.318 e. The maximum atomic E-state index is 12.4. The molecule has 2 aromatic rings. The lowest BCUT2D eigenvalue weighted by Crippen LogP contribution is -2.52. The van der Waals surface area contributed by atoms with Crippen LogP contribution in [0.1, 0.15) is 18.7 Å². The molecule has 3 heterocycles. The fourth-order valence-corrected chi connectivity index (χ4v) is 2.55. The zero-order chi connectivity index (χ0) is 16.1. The van der Waals surface area contributed by atoms with Crippen LogP contribution in [0.4, 0.5) is 10.7 Å². The molecule has 2 amide bonds. The molecule has 0 spiro atoms. The molecule has 0 saturated carbocycles. The number of carbonyl (C=O) groups excluding carboxylic acids is 1. The van der Waals surface area contributed by atoms with Gasteiger partial charge in [-0.2, -0.15) is 0 Å². The van der Waals surface area contributed by atoms with Crippen LogP contribution >= 0.6 is 0 Å². The number of anilines is 1. The van der Waals surface area contributed by atoms with E-state index in [1.807, 2.05) is 30.0 Å². The quantitative estimate of drug-likeness (QED) is 0.929. The number of carbonyl (C=O) groups is 1. The Morgan fingerprint density at radius 2 is 1.74 bits per heavy atom. The fraction of sp³-hybridized carbons (Fsp3) is 0.375. The molecule has 23 heavy (non-hydrogen) atoms. The summed E-state index contributed by atoms with van der Waals surface area (Å²) in [6.07, 6.45) is 5.20. The Bertz CT molecular complexity index is 628. The summed E-state index contributed by atoms with van der Waals surface area (Å²) in [5.41, 5.74) is 0.858. The molecule has 1 atom stereocenters. The van der Waals surface area contributed by atoms with Crippen molar-refractivity contribution in [1.82, 2.24) is 25.2 Å². The van der Waals surface area contributed by atoms with Crippen molar-refractivity contribution in [2.24, 2.45) is 0 Å². The molecule has 0 radical (unpaired) electrons. The molecule has 0 bridgehead atoms. The van der Waals surface area contributed by atoms with Crippen molar-refractivity contribution in [2.75, 3.05) is 31.1 Å². The number of hydrogen-bond acceptors (Lipinski definition) is 5. The van der Waals surface area contributed by atoms with Gasteiger partial charge in [-0.25, -0.2) is 14.8 Å². The van der Waals surface area contributed by atoms with Gasteiger partial charge in [0.1, 0.15) is 0 Å². The lowest BCUT2D eigenvalue weighted by Gasteiger charge is -2.35. The predicted octanol–water partition coefficient (Wildman–Crippen LogP) is 1.46. The van der Waals surface area contributed by atoms with E-state index in [9.17, 15) is 4.79 Å². The van der Waals surface area contributed by atoms with Crippen LogP contribution in [-0.4, -0.2) is 52.1 Å². The highest BCUT2D eigenvalue weighted by Gasteiger charge is 2.23.